The van der Waals surface area contributed by atoms with E-state index in [1.165, 1.54) is 6.07 Å². The molecule has 134 valence electrons. The molecule has 0 spiro atoms. The van der Waals surface area contributed by atoms with Crippen molar-refractivity contribution in [2.24, 2.45) is 0 Å². The van der Waals surface area contributed by atoms with Gasteiger partial charge in [-0.05, 0) is 25.5 Å². The second-order valence-corrected chi connectivity index (χ2v) is 6.65. The number of carbonyl (C=O) groups excluding carboxylic acids is 1. The van der Waals surface area contributed by atoms with E-state index in [9.17, 15) is 9.18 Å². The number of rotatable bonds is 5. The van der Waals surface area contributed by atoms with Gasteiger partial charge in [0.2, 0.25) is 5.91 Å². The molecule has 0 radical (unpaired) electrons. The Labute approximate surface area is 148 Å². The van der Waals surface area contributed by atoms with Crippen molar-refractivity contribution in [2.75, 3.05) is 26.2 Å². The molecule has 2 heterocycles. The molecule has 1 atom stereocenters. The first-order valence-corrected chi connectivity index (χ1v) is 8.80. The molecule has 1 aromatic carbocycles. The van der Waals surface area contributed by atoms with Crippen LogP contribution in [-0.4, -0.2) is 51.7 Å². The minimum absolute atomic E-state index is 0.0190. The highest BCUT2D eigenvalue weighted by molar-refractivity contribution is 5.76. The van der Waals surface area contributed by atoms with Crippen LogP contribution in [0.3, 0.4) is 0 Å². The predicted octanol–water partition coefficient (Wildman–Crippen LogP) is 2.63. The number of hydrogen-bond donors (Lipinski definition) is 0. The van der Waals surface area contributed by atoms with Gasteiger partial charge in [0.1, 0.15) is 5.82 Å². The van der Waals surface area contributed by atoms with Crippen LogP contribution in [0.4, 0.5) is 4.39 Å². The maximum absolute atomic E-state index is 14.0. The summed E-state index contributed by atoms with van der Waals surface area (Å²) in [5, 5.41) is 4.21. The number of aryl methyl sites for hydroxylation is 2. The SMILES string of the molecule is Cc1cnn(CCC(=O)N2CCN([C@@H](C)c3ccccc3F)CC2)c1. The smallest absolute Gasteiger partial charge is 0.224 e. The highest BCUT2D eigenvalue weighted by Crippen LogP contribution is 2.24. The van der Waals surface area contributed by atoms with Gasteiger partial charge >= 0.3 is 0 Å². The van der Waals surface area contributed by atoms with Gasteiger partial charge in [0.05, 0.1) is 6.20 Å². The third-order valence-corrected chi connectivity index (χ3v) is 4.89. The third kappa shape index (κ3) is 4.25. The molecule has 1 amide bonds. The van der Waals surface area contributed by atoms with Crippen molar-refractivity contribution in [3.63, 3.8) is 0 Å². The molecule has 2 aromatic rings. The minimum Gasteiger partial charge on any atom is -0.340 e. The van der Waals surface area contributed by atoms with Gasteiger partial charge in [-0.25, -0.2) is 4.39 Å². The Kier molecular flexibility index (Phi) is 5.48. The lowest BCUT2D eigenvalue weighted by Crippen LogP contribution is -2.49. The van der Waals surface area contributed by atoms with E-state index >= 15 is 0 Å². The van der Waals surface area contributed by atoms with E-state index in [1.807, 2.05) is 41.8 Å². The maximum atomic E-state index is 14.0. The molecule has 0 bridgehead atoms. The normalized spacial score (nSPS) is 16.8. The van der Waals surface area contributed by atoms with Crippen LogP contribution in [-0.2, 0) is 11.3 Å². The monoisotopic (exact) mass is 344 g/mol. The lowest BCUT2D eigenvalue weighted by molar-refractivity contribution is -0.133. The Morgan fingerprint density at radius 3 is 2.60 bits per heavy atom. The number of piperazine rings is 1. The maximum Gasteiger partial charge on any atom is 0.224 e. The molecule has 0 unspecified atom stereocenters. The van der Waals surface area contributed by atoms with Crippen LogP contribution in [0.2, 0.25) is 0 Å². The van der Waals surface area contributed by atoms with Crippen LogP contribution in [0, 0.1) is 12.7 Å². The Morgan fingerprint density at radius 2 is 1.96 bits per heavy atom. The van der Waals surface area contributed by atoms with Crippen molar-refractivity contribution in [1.82, 2.24) is 19.6 Å². The first kappa shape index (κ1) is 17.6. The Balaban J connectivity index is 1.49. The van der Waals surface area contributed by atoms with Crippen molar-refractivity contribution >= 4 is 5.91 Å². The summed E-state index contributed by atoms with van der Waals surface area (Å²) in [4.78, 5) is 16.5. The third-order valence-electron chi connectivity index (χ3n) is 4.89. The molecular weight excluding hydrogens is 319 g/mol. The van der Waals surface area contributed by atoms with Crippen molar-refractivity contribution in [1.29, 1.82) is 0 Å². The summed E-state index contributed by atoms with van der Waals surface area (Å²) >= 11 is 0. The fourth-order valence-corrected chi connectivity index (χ4v) is 3.33. The molecule has 1 aliphatic rings. The quantitative estimate of drug-likeness (QED) is 0.837. The van der Waals surface area contributed by atoms with E-state index in [0.29, 0.717) is 26.1 Å². The van der Waals surface area contributed by atoms with Crippen molar-refractivity contribution in [3.05, 3.63) is 53.6 Å². The summed E-state index contributed by atoms with van der Waals surface area (Å²) in [5.41, 5.74) is 1.82. The standard InChI is InChI=1S/C19H25FN4O/c1-15-13-21-24(14-15)8-7-19(25)23-11-9-22(10-12-23)16(2)17-5-3-4-6-18(17)20/h3-6,13-14,16H,7-12H2,1-2H3/t16-/m0/s1. The lowest BCUT2D eigenvalue weighted by atomic mass is 10.1. The molecule has 0 saturated carbocycles. The van der Waals surface area contributed by atoms with E-state index in [2.05, 4.69) is 10.00 Å². The fourth-order valence-electron chi connectivity index (χ4n) is 3.33. The van der Waals surface area contributed by atoms with E-state index in [1.54, 1.807) is 12.3 Å². The molecule has 1 aromatic heterocycles. The van der Waals surface area contributed by atoms with E-state index < -0.39 is 0 Å². The summed E-state index contributed by atoms with van der Waals surface area (Å²) in [6.45, 7) is 7.53. The largest absolute Gasteiger partial charge is 0.340 e. The topological polar surface area (TPSA) is 41.4 Å². The number of benzene rings is 1. The average molecular weight is 344 g/mol. The van der Waals surface area contributed by atoms with Crippen molar-refractivity contribution in [3.8, 4) is 0 Å². The predicted molar refractivity (Wildman–Crippen MR) is 94.5 cm³/mol. The zero-order valence-electron chi connectivity index (χ0n) is 14.9. The van der Waals surface area contributed by atoms with Gasteiger partial charge in [-0.3, -0.25) is 14.4 Å². The fraction of sp³-hybridized carbons (Fsp3) is 0.474. The molecule has 0 aliphatic carbocycles. The van der Waals surface area contributed by atoms with Crippen LogP contribution in [0.25, 0.3) is 0 Å². The molecule has 3 rings (SSSR count). The number of nitrogens with zero attached hydrogens (tertiary/aromatic N) is 4. The van der Waals surface area contributed by atoms with Crippen LogP contribution in [0.1, 0.15) is 30.5 Å². The zero-order valence-corrected chi connectivity index (χ0v) is 14.9. The van der Waals surface area contributed by atoms with E-state index in [0.717, 1.165) is 24.2 Å². The number of hydrogen-bond acceptors (Lipinski definition) is 3. The zero-order chi connectivity index (χ0) is 17.8. The minimum atomic E-state index is -0.164. The highest BCUT2D eigenvalue weighted by Gasteiger charge is 2.25. The summed E-state index contributed by atoms with van der Waals surface area (Å²) < 4.78 is 15.8. The number of aromatic nitrogens is 2. The summed E-state index contributed by atoms with van der Waals surface area (Å²) in [6.07, 6.45) is 4.21. The second-order valence-electron chi connectivity index (χ2n) is 6.65. The molecule has 5 nitrogen and oxygen atoms in total. The average Bonchev–Trinajstić information content (AvgIpc) is 3.05. The van der Waals surface area contributed by atoms with Crippen LogP contribution < -0.4 is 0 Å². The van der Waals surface area contributed by atoms with Crippen molar-refractivity contribution < 1.29 is 9.18 Å². The number of halogens is 1. The molecular formula is C19H25FN4O. The molecule has 0 N–H and O–H groups in total. The van der Waals surface area contributed by atoms with Gasteiger partial charge in [0, 0.05) is 56.9 Å². The molecule has 25 heavy (non-hydrogen) atoms. The summed E-state index contributed by atoms with van der Waals surface area (Å²) in [5.74, 6) is -0.00521. The van der Waals surface area contributed by atoms with Gasteiger partial charge in [-0.15, -0.1) is 0 Å². The summed E-state index contributed by atoms with van der Waals surface area (Å²) in [6, 6.07) is 6.94. The Morgan fingerprint density at radius 1 is 1.24 bits per heavy atom. The van der Waals surface area contributed by atoms with E-state index in [-0.39, 0.29) is 17.8 Å². The molecule has 6 heteroatoms. The van der Waals surface area contributed by atoms with E-state index in [4.69, 9.17) is 0 Å². The van der Waals surface area contributed by atoms with Gasteiger partial charge in [0.15, 0.2) is 0 Å². The van der Waals surface area contributed by atoms with Gasteiger partial charge in [-0.2, -0.15) is 5.10 Å². The second kappa shape index (κ2) is 7.78. The van der Waals surface area contributed by atoms with Crippen LogP contribution in [0.15, 0.2) is 36.7 Å². The molecule has 1 saturated heterocycles. The Bertz CT molecular complexity index is 722. The number of amides is 1. The van der Waals surface area contributed by atoms with Gasteiger partial charge in [-0.1, -0.05) is 18.2 Å². The van der Waals surface area contributed by atoms with Crippen LogP contribution in [0.5, 0.6) is 0 Å². The van der Waals surface area contributed by atoms with Crippen LogP contribution >= 0.6 is 0 Å². The first-order chi connectivity index (χ1) is 12.0. The lowest BCUT2D eigenvalue weighted by Gasteiger charge is -2.38. The number of carbonyl (C=O) groups is 1. The summed E-state index contributed by atoms with van der Waals surface area (Å²) in [7, 11) is 0. The molecule has 1 fully saturated rings. The van der Waals surface area contributed by atoms with Gasteiger partial charge in [0.25, 0.3) is 0 Å². The first-order valence-electron chi connectivity index (χ1n) is 8.80. The highest BCUT2D eigenvalue weighted by atomic mass is 19.1. The Hall–Kier alpha value is -2.21. The van der Waals surface area contributed by atoms with Crippen molar-refractivity contribution in [2.45, 2.75) is 32.9 Å². The van der Waals surface area contributed by atoms with Gasteiger partial charge < -0.3 is 4.90 Å². The molecule has 1 aliphatic heterocycles.